The van der Waals surface area contributed by atoms with Crippen LogP contribution in [0.25, 0.3) is 10.9 Å². The van der Waals surface area contributed by atoms with Crippen molar-refractivity contribution in [3.63, 3.8) is 0 Å². The van der Waals surface area contributed by atoms with E-state index in [9.17, 15) is 4.79 Å². The first-order chi connectivity index (χ1) is 13.7. The van der Waals surface area contributed by atoms with Gasteiger partial charge in [-0.2, -0.15) is 0 Å². The van der Waals surface area contributed by atoms with Crippen LogP contribution in [0.4, 0.5) is 0 Å². The maximum absolute atomic E-state index is 12.7. The van der Waals surface area contributed by atoms with Crippen molar-refractivity contribution in [1.82, 2.24) is 19.9 Å². The summed E-state index contributed by atoms with van der Waals surface area (Å²) in [5.74, 6) is 1.03. The van der Waals surface area contributed by atoms with Crippen molar-refractivity contribution >= 4 is 28.6 Å². The van der Waals surface area contributed by atoms with Gasteiger partial charge in [0, 0.05) is 24.8 Å². The van der Waals surface area contributed by atoms with E-state index >= 15 is 0 Å². The van der Waals surface area contributed by atoms with E-state index in [1.54, 1.807) is 6.20 Å². The van der Waals surface area contributed by atoms with Gasteiger partial charge in [-0.25, -0.2) is 9.97 Å². The highest BCUT2D eigenvalue weighted by atomic mass is 32.2. The molecule has 0 radical (unpaired) electrons. The van der Waals surface area contributed by atoms with E-state index in [1.807, 2.05) is 84.5 Å². The van der Waals surface area contributed by atoms with Crippen molar-refractivity contribution in [3.05, 3.63) is 90.5 Å². The maximum atomic E-state index is 12.7. The third-order valence-corrected chi connectivity index (χ3v) is 5.41. The van der Waals surface area contributed by atoms with Crippen LogP contribution in [0, 0.1) is 0 Å². The van der Waals surface area contributed by atoms with E-state index in [2.05, 4.69) is 15.3 Å². The molecule has 0 saturated carbocycles. The van der Waals surface area contributed by atoms with Gasteiger partial charge < -0.3 is 9.88 Å². The number of aryl methyl sites for hydroxylation is 1. The molecule has 2 heterocycles. The molecule has 2 aromatic heterocycles. The molecular weight excluding hydrogens is 368 g/mol. The van der Waals surface area contributed by atoms with E-state index in [4.69, 9.17) is 0 Å². The van der Waals surface area contributed by atoms with Gasteiger partial charge in [-0.1, -0.05) is 66.4 Å². The van der Waals surface area contributed by atoms with Gasteiger partial charge in [0.1, 0.15) is 11.9 Å². The first kappa shape index (κ1) is 18.3. The van der Waals surface area contributed by atoms with Crippen molar-refractivity contribution in [2.24, 2.45) is 7.05 Å². The van der Waals surface area contributed by atoms with Crippen molar-refractivity contribution in [2.45, 2.75) is 11.1 Å². The summed E-state index contributed by atoms with van der Waals surface area (Å²) in [6.07, 6.45) is 3.62. The van der Waals surface area contributed by atoms with Crippen LogP contribution in [0.1, 0.15) is 17.4 Å². The zero-order chi connectivity index (χ0) is 19.3. The lowest BCUT2D eigenvalue weighted by atomic mass is 10.1. The number of benzene rings is 2. The number of hydrogen-bond donors (Lipinski definition) is 1. The molecule has 0 bridgehead atoms. The third-order valence-electron chi connectivity index (χ3n) is 4.48. The molecule has 1 N–H and O–H groups in total. The zero-order valence-corrected chi connectivity index (χ0v) is 16.3. The summed E-state index contributed by atoms with van der Waals surface area (Å²) < 4.78 is 1.93. The fourth-order valence-electron chi connectivity index (χ4n) is 3.07. The second-order valence-corrected chi connectivity index (χ2v) is 7.43. The first-order valence-electron chi connectivity index (χ1n) is 9.01. The number of pyridine rings is 1. The molecule has 0 aliphatic rings. The van der Waals surface area contributed by atoms with Crippen LogP contribution in [0.3, 0.4) is 0 Å². The molecule has 4 aromatic rings. The number of rotatable bonds is 6. The van der Waals surface area contributed by atoms with Gasteiger partial charge in [0.05, 0.1) is 16.3 Å². The quantitative estimate of drug-likeness (QED) is 0.508. The van der Waals surface area contributed by atoms with Gasteiger partial charge in [0.2, 0.25) is 5.91 Å². The van der Waals surface area contributed by atoms with Crippen LogP contribution >= 0.6 is 11.8 Å². The minimum absolute atomic E-state index is 0.0585. The number of imidazole rings is 1. The molecule has 1 atom stereocenters. The minimum atomic E-state index is -0.293. The number of nitrogens with one attached hydrogen (secondary N) is 1. The Bertz CT molecular complexity index is 1090. The molecular formula is C22H20N4OS. The Balaban J connectivity index is 1.47. The minimum Gasteiger partial charge on any atom is -0.341 e. The molecule has 28 heavy (non-hydrogen) atoms. The Morgan fingerprint density at radius 3 is 2.64 bits per heavy atom. The van der Waals surface area contributed by atoms with Crippen LogP contribution in [-0.4, -0.2) is 26.2 Å². The summed E-state index contributed by atoms with van der Waals surface area (Å²) in [6, 6.07) is 21.5. The fraction of sp³-hybridized carbons (Fsp3) is 0.136. The third kappa shape index (κ3) is 4.07. The summed E-state index contributed by atoms with van der Waals surface area (Å²) in [7, 11) is 1.93. The number of fused-ring (bicyclic) bond motifs is 1. The van der Waals surface area contributed by atoms with E-state index in [-0.39, 0.29) is 11.9 Å². The average molecular weight is 388 g/mol. The lowest BCUT2D eigenvalue weighted by Crippen LogP contribution is -2.32. The van der Waals surface area contributed by atoms with Gasteiger partial charge in [-0.3, -0.25) is 4.79 Å². The standard InChI is InChI=1S/C22H20N4OS/c1-26-14-13-23-22(26)21(17-8-3-2-4-9-17)25-19(27)15-28-20-12-11-16-7-5-6-10-18(16)24-20/h2-14,21H,15H2,1H3,(H,25,27)/t21-/m0/s1. The molecule has 0 spiro atoms. The van der Waals surface area contributed by atoms with Gasteiger partial charge in [-0.05, 0) is 17.7 Å². The van der Waals surface area contributed by atoms with Crippen molar-refractivity contribution < 1.29 is 4.79 Å². The highest BCUT2D eigenvalue weighted by Gasteiger charge is 2.20. The summed E-state index contributed by atoms with van der Waals surface area (Å²) >= 11 is 1.43. The molecule has 0 saturated heterocycles. The highest BCUT2D eigenvalue weighted by Crippen LogP contribution is 2.22. The van der Waals surface area contributed by atoms with Gasteiger partial charge in [-0.15, -0.1) is 0 Å². The highest BCUT2D eigenvalue weighted by molar-refractivity contribution is 7.99. The Labute approximate surface area is 167 Å². The molecule has 0 aliphatic heterocycles. The van der Waals surface area contributed by atoms with Gasteiger partial charge >= 0.3 is 0 Å². The van der Waals surface area contributed by atoms with Crippen LogP contribution in [0.15, 0.2) is 84.1 Å². The number of thioether (sulfide) groups is 1. The van der Waals surface area contributed by atoms with Crippen LogP contribution in [-0.2, 0) is 11.8 Å². The SMILES string of the molecule is Cn1ccnc1[C@@H](NC(=O)CSc1ccc2ccccc2n1)c1ccccc1. The number of hydrogen-bond acceptors (Lipinski definition) is 4. The van der Waals surface area contributed by atoms with Crippen molar-refractivity contribution in [2.75, 3.05) is 5.75 Å². The Kier molecular flexibility index (Phi) is 5.39. The maximum Gasteiger partial charge on any atom is 0.231 e. The number of carbonyl (C=O) groups is 1. The predicted octanol–water partition coefficient (Wildman–Crippen LogP) is 3.97. The van der Waals surface area contributed by atoms with Crippen LogP contribution in [0.5, 0.6) is 0 Å². The Hall–Kier alpha value is -3.12. The lowest BCUT2D eigenvalue weighted by Gasteiger charge is -2.19. The fourth-order valence-corrected chi connectivity index (χ4v) is 3.76. The summed E-state index contributed by atoms with van der Waals surface area (Å²) in [6.45, 7) is 0. The molecule has 5 nitrogen and oxygen atoms in total. The number of aromatic nitrogens is 3. The van der Waals surface area contributed by atoms with Crippen molar-refractivity contribution in [3.8, 4) is 0 Å². The van der Waals surface area contributed by atoms with Crippen LogP contribution in [0.2, 0.25) is 0 Å². The average Bonchev–Trinajstić information content (AvgIpc) is 3.16. The Morgan fingerprint density at radius 1 is 1.07 bits per heavy atom. The Morgan fingerprint density at radius 2 is 1.86 bits per heavy atom. The van der Waals surface area contributed by atoms with E-state index in [0.717, 1.165) is 27.3 Å². The summed E-state index contributed by atoms with van der Waals surface area (Å²) in [5.41, 5.74) is 1.93. The molecule has 4 rings (SSSR count). The van der Waals surface area contributed by atoms with Crippen molar-refractivity contribution in [1.29, 1.82) is 0 Å². The second kappa shape index (κ2) is 8.27. The van der Waals surface area contributed by atoms with E-state index in [0.29, 0.717) is 5.75 Å². The molecule has 0 unspecified atom stereocenters. The predicted molar refractivity (Wildman–Crippen MR) is 112 cm³/mol. The molecule has 140 valence electrons. The topological polar surface area (TPSA) is 59.8 Å². The largest absolute Gasteiger partial charge is 0.341 e. The smallest absolute Gasteiger partial charge is 0.231 e. The van der Waals surface area contributed by atoms with E-state index in [1.165, 1.54) is 11.8 Å². The molecule has 0 aliphatic carbocycles. The summed E-state index contributed by atoms with van der Waals surface area (Å²) in [4.78, 5) is 21.7. The molecule has 0 fully saturated rings. The molecule has 2 aromatic carbocycles. The van der Waals surface area contributed by atoms with Gasteiger partial charge in [0.15, 0.2) is 0 Å². The first-order valence-corrected chi connectivity index (χ1v) is 9.99. The van der Waals surface area contributed by atoms with Crippen LogP contribution < -0.4 is 5.32 Å². The second-order valence-electron chi connectivity index (χ2n) is 6.44. The van der Waals surface area contributed by atoms with E-state index < -0.39 is 0 Å². The lowest BCUT2D eigenvalue weighted by molar-refractivity contribution is -0.119. The van der Waals surface area contributed by atoms with Gasteiger partial charge in [0.25, 0.3) is 0 Å². The number of nitrogens with zero attached hydrogens (tertiary/aromatic N) is 3. The normalized spacial score (nSPS) is 12.0. The monoisotopic (exact) mass is 388 g/mol. The number of para-hydroxylation sites is 1. The molecule has 1 amide bonds. The summed E-state index contributed by atoms with van der Waals surface area (Å²) in [5, 5.41) is 5.04. The molecule has 6 heteroatoms. The zero-order valence-electron chi connectivity index (χ0n) is 15.4. The number of carbonyl (C=O) groups excluding carboxylic acids is 1. The number of amides is 1.